The Labute approximate surface area is 174 Å². The Hall–Kier alpha value is -3.48. The number of carbonyl (C=O) groups excluding carboxylic acids is 4. The van der Waals surface area contributed by atoms with Crippen LogP contribution in [0.2, 0.25) is 0 Å². The monoisotopic (exact) mass is 405 g/mol. The van der Waals surface area contributed by atoms with E-state index < -0.39 is 17.5 Å². The fourth-order valence-electron chi connectivity index (χ4n) is 3.93. The van der Waals surface area contributed by atoms with Crippen LogP contribution in [0.4, 0.5) is 10.5 Å². The maximum absolute atomic E-state index is 13.0. The van der Waals surface area contributed by atoms with E-state index in [0.717, 1.165) is 16.9 Å². The Balaban J connectivity index is 1.53. The first-order chi connectivity index (χ1) is 14.3. The summed E-state index contributed by atoms with van der Waals surface area (Å²) in [5, 5.41) is 2.72. The third-order valence-corrected chi connectivity index (χ3v) is 5.76. The molecule has 4 rings (SSSR count). The molecule has 2 aromatic carbocycles. The number of Topliss-reactive ketones (excluding diaryl/α,β-unsaturated/α-hetero) is 1. The van der Waals surface area contributed by atoms with Crippen molar-refractivity contribution >= 4 is 29.3 Å². The molecule has 2 fully saturated rings. The number of urea groups is 1. The van der Waals surface area contributed by atoms with Crippen LogP contribution in [-0.4, -0.2) is 41.6 Å². The van der Waals surface area contributed by atoms with Gasteiger partial charge in [0, 0.05) is 24.2 Å². The summed E-state index contributed by atoms with van der Waals surface area (Å²) in [4.78, 5) is 53.0. The van der Waals surface area contributed by atoms with Crippen molar-refractivity contribution in [1.82, 2.24) is 10.2 Å². The molecule has 0 spiro atoms. The highest BCUT2D eigenvalue weighted by Crippen LogP contribution is 2.29. The van der Waals surface area contributed by atoms with Crippen LogP contribution in [0.3, 0.4) is 0 Å². The van der Waals surface area contributed by atoms with Crippen molar-refractivity contribution in [3.05, 3.63) is 65.2 Å². The molecule has 2 heterocycles. The van der Waals surface area contributed by atoms with Gasteiger partial charge in [0.2, 0.25) is 5.91 Å². The second-order valence-corrected chi connectivity index (χ2v) is 7.93. The zero-order chi connectivity index (χ0) is 21.5. The van der Waals surface area contributed by atoms with Crippen LogP contribution >= 0.6 is 0 Å². The number of ketones is 1. The number of aryl methyl sites for hydroxylation is 1. The molecule has 154 valence electrons. The number of benzene rings is 2. The van der Waals surface area contributed by atoms with Gasteiger partial charge in [-0.3, -0.25) is 19.3 Å². The minimum absolute atomic E-state index is 0.0301. The van der Waals surface area contributed by atoms with E-state index in [-0.39, 0.29) is 18.2 Å². The normalized spacial score (nSPS) is 21.3. The van der Waals surface area contributed by atoms with Crippen molar-refractivity contribution in [1.29, 1.82) is 0 Å². The largest absolute Gasteiger partial charge is 0.325 e. The molecule has 0 aromatic heterocycles. The van der Waals surface area contributed by atoms with Gasteiger partial charge in [-0.25, -0.2) is 4.79 Å². The number of nitrogens with zero attached hydrogens (tertiary/aromatic N) is 2. The number of hydrogen-bond acceptors (Lipinski definition) is 4. The summed E-state index contributed by atoms with van der Waals surface area (Å²) in [6.45, 7) is 3.85. The van der Waals surface area contributed by atoms with Crippen LogP contribution in [0.5, 0.6) is 0 Å². The summed E-state index contributed by atoms with van der Waals surface area (Å²) in [7, 11) is 0. The highest BCUT2D eigenvalue weighted by molar-refractivity contribution is 6.11. The van der Waals surface area contributed by atoms with E-state index in [9.17, 15) is 19.2 Å². The van der Waals surface area contributed by atoms with Gasteiger partial charge in [0.25, 0.3) is 5.91 Å². The average molecular weight is 405 g/mol. The molecule has 0 saturated carbocycles. The summed E-state index contributed by atoms with van der Waals surface area (Å²) in [5.41, 5.74) is 1.51. The Morgan fingerprint density at radius 1 is 1.10 bits per heavy atom. The van der Waals surface area contributed by atoms with E-state index in [4.69, 9.17) is 0 Å². The molecule has 0 unspecified atom stereocenters. The Morgan fingerprint density at radius 2 is 1.83 bits per heavy atom. The summed E-state index contributed by atoms with van der Waals surface area (Å²) in [6.07, 6.45) is 1.29. The molecule has 7 heteroatoms. The highest BCUT2D eigenvalue weighted by atomic mass is 16.2. The molecule has 30 heavy (non-hydrogen) atoms. The quantitative estimate of drug-likeness (QED) is 0.612. The molecular weight excluding hydrogens is 382 g/mol. The standard InChI is InChI=1S/C23H23N3O4/c1-15-8-10-17(11-9-15)23(2)21(29)26(22(30)24-23)14-19(27)16-5-3-6-18(13-16)25-12-4-7-20(25)28/h3,5-6,8-11,13H,4,7,12,14H2,1-2H3,(H,24,30)/t23-/m1/s1. The van der Waals surface area contributed by atoms with Gasteiger partial charge in [0.05, 0.1) is 6.54 Å². The van der Waals surface area contributed by atoms with Crippen molar-refractivity contribution in [3.63, 3.8) is 0 Å². The molecule has 2 aromatic rings. The number of hydrogen-bond donors (Lipinski definition) is 1. The Kier molecular flexibility index (Phi) is 4.89. The zero-order valence-corrected chi connectivity index (χ0v) is 17.0. The van der Waals surface area contributed by atoms with Crippen LogP contribution in [0.25, 0.3) is 0 Å². The topological polar surface area (TPSA) is 86.8 Å². The minimum Gasteiger partial charge on any atom is -0.319 e. The smallest absolute Gasteiger partial charge is 0.319 e. The van der Waals surface area contributed by atoms with E-state index in [1.165, 1.54) is 0 Å². The van der Waals surface area contributed by atoms with E-state index in [1.807, 2.05) is 19.1 Å². The van der Waals surface area contributed by atoms with Crippen molar-refractivity contribution in [2.45, 2.75) is 32.2 Å². The van der Waals surface area contributed by atoms with Gasteiger partial charge in [-0.2, -0.15) is 0 Å². The van der Waals surface area contributed by atoms with Crippen LogP contribution in [0.15, 0.2) is 48.5 Å². The molecule has 2 saturated heterocycles. The van der Waals surface area contributed by atoms with Gasteiger partial charge in [0.15, 0.2) is 5.78 Å². The number of carbonyl (C=O) groups is 4. The predicted molar refractivity (Wildman–Crippen MR) is 111 cm³/mol. The minimum atomic E-state index is -1.21. The second kappa shape index (κ2) is 7.40. The van der Waals surface area contributed by atoms with Crippen molar-refractivity contribution < 1.29 is 19.2 Å². The third-order valence-electron chi connectivity index (χ3n) is 5.76. The zero-order valence-electron chi connectivity index (χ0n) is 17.0. The maximum Gasteiger partial charge on any atom is 0.325 e. The van der Waals surface area contributed by atoms with Crippen LogP contribution in [0.1, 0.15) is 41.3 Å². The molecule has 2 aliphatic rings. The maximum atomic E-state index is 13.0. The van der Waals surface area contributed by atoms with Crippen LogP contribution in [0, 0.1) is 6.92 Å². The van der Waals surface area contributed by atoms with Gasteiger partial charge in [0.1, 0.15) is 5.54 Å². The molecule has 1 atom stereocenters. The molecule has 7 nitrogen and oxygen atoms in total. The lowest BCUT2D eigenvalue weighted by atomic mass is 9.91. The SMILES string of the molecule is Cc1ccc([C@@]2(C)NC(=O)N(CC(=O)c3cccc(N4CCCC4=O)c3)C2=O)cc1. The van der Waals surface area contributed by atoms with Crippen molar-refractivity contribution in [3.8, 4) is 0 Å². The lowest BCUT2D eigenvalue weighted by molar-refractivity contribution is -0.130. The molecule has 0 aliphatic carbocycles. The molecular formula is C23H23N3O4. The van der Waals surface area contributed by atoms with Crippen LogP contribution < -0.4 is 10.2 Å². The fraction of sp³-hybridized carbons (Fsp3) is 0.304. The molecule has 2 aliphatic heterocycles. The molecule has 1 N–H and O–H groups in total. The summed E-state index contributed by atoms with van der Waals surface area (Å²) in [5.74, 6) is -0.793. The summed E-state index contributed by atoms with van der Waals surface area (Å²) < 4.78 is 0. The molecule has 4 amide bonds. The van der Waals surface area contributed by atoms with E-state index in [2.05, 4.69) is 5.32 Å². The van der Waals surface area contributed by atoms with Crippen molar-refractivity contribution in [2.75, 3.05) is 18.0 Å². The van der Waals surface area contributed by atoms with Gasteiger partial charge in [-0.05, 0) is 38.0 Å². The number of rotatable bonds is 5. The summed E-state index contributed by atoms with van der Waals surface area (Å²) in [6, 6.07) is 13.5. The van der Waals surface area contributed by atoms with Gasteiger partial charge < -0.3 is 10.2 Å². The van der Waals surface area contributed by atoms with Crippen molar-refractivity contribution in [2.24, 2.45) is 0 Å². The summed E-state index contributed by atoms with van der Waals surface area (Å²) >= 11 is 0. The lowest BCUT2D eigenvalue weighted by Crippen LogP contribution is -2.41. The predicted octanol–water partition coefficient (Wildman–Crippen LogP) is 2.77. The first-order valence-corrected chi connectivity index (χ1v) is 9.94. The number of anilines is 1. The van der Waals surface area contributed by atoms with Gasteiger partial charge in [-0.1, -0.05) is 42.0 Å². The second-order valence-electron chi connectivity index (χ2n) is 7.93. The van der Waals surface area contributed by atoms with Gasteiger partial charge in [-0.15, -0.1) is 0 Å². The first-order valence-electron chi connectivity index (χ1n) is 9.94. The first kappa shape index (κ1) is 19.8. The Morgan fingerprint density at radius 3 is 2.50 bits per heavy atom. The number of nitrogens with one attached hydrogen (secondary N) is 1. The third kappa shape index (κ3) is 3.36. The Bertz CT molecular complexity index is 1050. The molecule has 0 bridgehead atoms. The average Bonchev–Trinajstić information content (AvgIpc) is 3.25. The van der Waals surface area contributed by atoms with E-state index >= 15 is 0 Å². The van der Waals surface area contributed by atoms with E-state index in [1.54, 1.807) is 48.2 Å². The number of amides is 4. The van der Waals surface area contributed by atoms with Crippen LogP contribution in [-0.2, 0) is 15.1 Å². The number of imide groups is 1. The fourth-order valence-corrected chi connectivity index (χ4v) is 3.93. The molecule has 0 radical (unpaired) electrons. The highest BCUT2D eigenvalue weighted by Gasteiger charge is 2.49. The van der Waals surface area contributed by atoms with Gasteiger partial charge >= 0.3 is 6.03 Å². The van der Waals surface area contributed by atoms with E-state index in [0.29, 0.717) is 29.8 Å². The lowest BCUT2D eigenvalue weighted by Gasteiger charge is -2.22.